The van der Waals surface area contributed by atoms with Gasteiger partial charge in [-0.3, -0.25) is 9.59 Å². The first-order valence-corrected chi connectivity index (χ1v) is 7.85. The second-order valence-corrected chi connectivity index (χ2v) is 6.05. The molecule has 0 aromatic carbocycles. The topological polar surface area (TPSA) is 74.0 Å². The van der Waals surface area contributed by atoms with E-state index in [9.17, 15) is 14.7 Å². The highest BCUT2D eigenvalue weighted by Crippen LogP contribution is 2.38. The number of hydrogen-bond donors (Lipinski definition) is 1. The fourth-order valence-electron chi connectivity index (χ4n) is 2.81. The summed E-state index contributed by atoms with van der Waals surface area (Å²) in [6.07, 6.45) is 0.976. The predicted molar refractivity (Wildman–Crippen MR) is 86.0 cm³/mol. The highest BCUT2D eigenvalue weighted by atomic mass is 16.3. The van der Waals surface area contributed by atoms with E-state index in [1.807, 2.05) is 25.9 Å². The molecule has 1 unspecified atom stereocenters. The van der Waals surface area contributed by atoms with E-state index >= 15 is 0 Å². The van der Waals surface area contributed by atoms with Gasteiger partial charge in [-0.2, -0.15) is 0 Å². The number of rotatable bonds is 7. The third kappa shape index (κ3) is 3.47. The molecular weight excluding hydrogens is 296 g/mol. The fourth-order valence-corrected chi connectivity index (χ4v) is 2.81. The number of Topliss-reactive ketones (excluding diaryl/α,β-unsaturated/α-hetero) is 1. The van der Waals surface area contributed by atoms with Crippen LogP contribution in [0.1, 0.15) is 37.3 Å². The Labute approximate surface area is 136 Å². The van der Waals surface area contributed by atoms with Gasteiger partial charge in [0.1, 0.15) is 17.6 Å². The minimum absolute atomic E-state index is 0.150. The predicted octanol–water partition coefficient (Wildman–Crippen LogP) is 2.21. The summed E-state index contributed by atoms with van der Waals surface area (Å²) in [5.74, 6) is 0.0438. The lowest BCUT2D eigenvalue weighted by Crippen LogP contribution is -2.33. The molecule has 2 heterocycles. The van der Waals surface area contributed by atoms with Crippen LogP contribution >= 0.6 is 0 Å². The minimum Gasteiger partial charge on any atom is -0.503 e. The lowest BCUT2D eigenvalue weighted by atomic mass is 10.00. The Balaban J connectivity index is 2.34. The van der Waals surface area contributed by atoms with Crippen LogP contribution in [0, 0.1) is 6.92 Å². The molecule has 1 atom stereocenters. The van der Waals surface area contributed by atoms with E-state index in [1.54, 1.807) is 19.1 Å². The maximum atomic E-state index is 12.4. The average Bonchev–Trinajstić information content (AvgIpc) is 3.02. The summed E-state index contributed by atoms with van der Waals surface area (Å²) >= 11 is 0. The lowest BCUT2D eigenvalue weighted by molar-refractivity contribution is -0.129. The van der Waals surface area contributed by atoms with Crippen LogP contribution in [0.5, 0.6) is 0 Å². The van der Waals surface area contributed by atoms with Crippen LogP contribution in [0.4, 0.5) is 0 Å². The van der Waals surface area contributed by atoms with Gasteiger partial charge in [0.15, 0.2) is 11.5 Å². The number of amides is 1. The summed E-state index contributed by atoms with van der Waals surface area (Å²) in [5, 5.41) is 10.2. The zero-order valence-electron chi connectivity index (χ0n) is 14.1. The van der Waals surface area contributed by atoms with E-state index in [0.29, 0.717) is 18.1 Å². The molecule has 6 heteroatoms. The number of nitrogens with zero attached hydrogens (tertiary/aromatic N) is 2. The molecule has 23 heavy (non-hydrogen) atoms. The number of furan rings is 1. The van der Waals surface area contributed by atoms with Gasteiger partial charge in [0.2, 0.25) is 0 Å². The van der Waals surface area contributed by atoms with E-state index in [1.165, 1.54) is 4.90 Å². The Kier molecular flexibility index (Phi) is 5.26. The third-order valence-electron chi connectivity index (χ3n) is 3.96. The quantitative estimate of drug-likeness (QED) is 0.834. The van der Waals surface area contributed by atoms with Crippen molar-refractivity contribution in [2.45, 2.75) is 32.7 Å². The molecule has 1 N–H and O–H groups in total. The molecule has 1 amide bonds. The fraction of sp³-hybridized carbons (Fsp3) is 0.529. The average molecular weight is 320 g/mol. The number of aliphatic hydroxyl groups excluding tert-OH is 1. The Morgan fingerprint density at radius 3 is 2.61 bits per heavy atom. The molecule has 1 aromatic rings. The van der Waals surface area contributed by atoms with Gasteiger partial charge < -0.3 is 19.3 Å². The largest absolute Gasteiger partial charge is 0.503 e. The highest BCUT2D eigenvalue weighted by molar-refractivity contribution is 6.08. The first kappa shape index (κ1) is 17.3. The number of ketones is 1. The molecule has 2 rings (SSSR count). The molecule has 0 radical (unpaired) electrons. The zero-order valence-corrected chi connectivity index (χ0v) is 14.1. The number of carbonyl (C=O) groups excluding carboxylic acids is 2. The van der Waals surface area contributed by atoms with Gasteiger partial charge in [-0.1, -0.05) is 6.92 Å². The van der Waals surface area contributed by atoms with Crippen molar-refractivity contribution >= 4 is 11.7 Å². The van der Waals surface area contributed by atoms with E-state index in [-0.39, 0.29) is 17.8 Å². The van der Waals surface area contributed by atoms with Crippen molar-refractivity contribution in [2.75, 3.05) is 27.2 Å². The van der Waals surface area contributed by atoms with Crippen LogP contribution in [0.15, 0.2) is 27.9 Å². The van der Waals surface area contributed by atoms with Crippen LogP contribution in [-0.2, 0) is 9.59 Å². The second-order valence-electron chi connectivity index (χ2n) is 6.05. The summed E-state index contributed by atoms with van der Waals surface area (Å²) in [6.45, 7) is 4.78. The van der Waals surface area contributed by atoms with Crippen molar-refractivity contribution in [1.82, 2.24) is 9.80 Å². The first-order valence-electron chi connectivity index (χ1n) is 7.85. The summed E-state index contributed by atoms with van der Waals surface area (Å²) in [7, 11) is 3.92. The second kappa shape index (κ2) is 7.00. The van der Waals surface area contributed by atoms with Gasteiger partial charge in [-0.15, -0.1) is 0 Å². The van der Waals surface area contributed by atoms with E-state index < -0.39 is 17.7 Å². The van der Waals surface area contributed by atoms with Crippen LogP contribution in [0.3, 0.4) is 0 Å². The van der Waals surface area contributed by atoms with Crippen molar-refractivity contribution in [3.05, 3.63) is 35.0 Å². The molecular formula is C17H24N2O4. The van der Waals surface area contributed by atoms with Crippen LogP contribution in [-0.4, -0.2) is 53.8 Å². The smallest absolute Gasteiger partial charge is 0.290 e. The first-order chi connectivity index (χ1) is 10.9. The summed E-state index contributed by atoms with van der Waals surface area (Å²) in [4.78, 5) is 28.2. The third-order valence-corrected chi connectivity index (χ3v) is 3.96. The van der Waals surface area contributed by atoms with Crippen molar-refractivity contribution in [3.63, 3.8) is 0 Å². The number of hydrogen-bond acceptors (Lipinski definition) is 5. The van der Waals surface area contributed by atoms with Gasteiger partial charge in [-0.25, -0.2) is 0 Å². The maximum absolute atomic E-state index is 12.4. The molecule has 1 aliphatic rings. The van der Waals surface area contributed by atoms with Crippen LogP contribution in [0.25, 0.3) is 0 Å². The van der Waals surface area contributed by atoms with Gasteiger partial charge in [0.05, 0.1) is 5.57 Å². The highest BCUT2D eigenvalue weighted by Gasteiger charge is 2.44. The summed E-state index contributed by atoms with van der Waals surface area (Å²) < 4.78 is 5.64. The van der Waals surface area contributed by atoms with Crippen molar-refractivity contribution in [3.8, 4) is 0 Å². The van der Waals surface area contributed by atoms with Crippen molar-refractivity contribution in [2.24, 2.45) is 0 Å². The molecule has 0 bridgehead atoms. The standard InChI is InChI=1S/C17H24N2O4/c1-5-12(20)14-15(13-8-7-11(2)23-13)19(17(22)16(14)21)10-6-9-18(3)4/h7-8,15,21H,5-6,9-10H2,1-4H3. The molecule has 1 aromatic heterocycles. The summed E-state index contributed by atoms with van der Waals surface area (Å²) in [5.41, 5.74) is 0.150. The normalized spacial score (nSPS) is 18.4. The monoisotopic (exact) mass is 320 g/mol. The molecule has 0 aliphatic carbocycles. The van der Waals surface area contributed by atoms with Gasteiger partial charge in [-0.05, 0) is 46.1 Å². The SMILES string of the molecule is CCC(=O)C1=C(O)C(=O)N(CCCN(C)C)C1c1ccc(C)o1. The molecule has 0 fully saturated rings. The van der Waals surface area contributed by atoms with E-state index in [0.717, 1.165) is 13.0 Å². The minimum atomic E-state index is -0.634. The van der Waals surface area contributed by atoms with Crippen molar-refractivity contribution in [1.29, 1.82) is 0 Å². The van der Waals surface area contributed by atoms with E-state index in [2.05, 4.69) is 0 Å². The zero-order chi connectivity index (χ0) is 17.1. The van der Waals surface area contributed by atoms with Gasteiger partial charge >= 0.3 is 0 Å². The Hall–Kier alpha value is -2.08. The Morgan fingerprint density at radius 2 is 2.09 bits per heavy atom. The Morgan fingerprint density at radius 1 is 1.39 bits per heavy atom. The summed E-state index contributed by atoms with van der Waals surface area (Å²) in [6, 6.07) is 2.92. The molecule has 126 valence electrons. The van der Waals surface area contributed by atoms with E-state index in [4.69, 9.17) is 4.42 Å². The molecule has 0 saturated heterocycles. The number of aliphatic hydroxyl groups is 1. The molecule has 1 aliphatic heterocycles. The van der Waals surface area contributed by atoms with Gasteiger partial charge in [0.25, 0.3) is 5.91 Å². The maximum Gasteiger partial charge on any atom is 0.290 e. The molecule has 6 nitrogen and oxygen atoms in total. The number of carbonyl (C=O) groups is 2. The van der Waals surface area contributed by atoms with Gasteiger partial charge in [0, 0.05) is 13.0 Å². The van der Waals surface area contributed by atoms with Crippen LogP contribution < -0.4 is 0 Å². The lowest BCUT2D eigenvalue weighted by Gasteiger charge is -2.25. The van der Waals surface area contributed by atoms with Crippen molar-refractivity contribution < 1.29 is 19.1 Å². The Bertz CT molecular complexity index is 630. The van der Waals surface area contributed by atoms with Crippen LogP contribution in [0.2, 0.25) is 0 Å². The molecule has 0 saturated carbocycles. The molecule has 0 spiro atoms. The number of aryl methyl sites for hydroxylation is 1.